The van der Waals surface area contributed by atoms with Gasteiger partial charge in [-0.2, -0.15) is 0 Å². The van der Waals surface area contributed by atoms with Crippen LogP contribution < -0.4 is 0 Å². The van der Waals surface area contributed by atoms with Gasteiger partial charge in [0.2, 0.25) is 0 Å². The summed E-state index contributed by atoms with van der Waals surface area (Å²) >= 11 is 0. The van der Waals surface area contributed by atoms with Crippen LogP contribution in [0.1, 0.15) is 36.3 Å². The molecule has 1 N–H and O–H groups in total. The molecule has 158 valence electrons. The van der Waals surface area contributed by atoms with Gasteiger partial charge < -0.3 is 14.6 Å². The van der Waals surface area contributed by atoms with E-state index < -0.39 is 18.1 Å². The summed E-state index contributed by atoms with van der Waals surface area (Å²) in [5.41, 5.74) is 4.58. The van der Waals surface area contributed by atoms with Crippen LogP contribution in [0.5, 0.6) is 0 Å². The van der Waals surface area contributed by atoms with Gasteiger partial charge in [-0.1, -0.05) is 48.5 Å². The second kappa shape index (κ2) is 8.88. The third-order valence-electron chi connectivity index (χ3n) is 6.27. The maximum Gasteiger partial charge on any atom is 0.410 e. The minimum atomic E-state index is -1.00. The van der Waals surface area contributed by atoms with E-state index in [2.05, 4.69) is 24.3 Å². The lowest BCUT2D eigenvalue weighted by Crippen LogP contribution is -2.44. The van der Waals surface area contributed by atoms with E-state index in [1.807, 2.05) is 24.3 Å². The lowest BCUT2D eigenvalue weighted by molar-refractivity contribution is -0.143. The average Bonchev–Trinajstić information content (AvgIpc) is 3.09. The second-order valence-corrected chi connectivity index (χ2v) is 8.06. The van der Waals surface area contributed by atoms with E-state index in [0.717, 1.165) is 35.1 Å². The molecule has 0 radical (unpaired) electrons. The third kappa shape index (κ3) is 4.05. The van der Waals surface area contributed by atoms with Gasteiger partial charge in [0, 0.05) is 26.2 Å². The van der Waals surface area contributed by atoms with E-state index in [1.54, 1.807) is 0 Å². The standard InChI is InChI=1S/C24H27NO5/c1-25(22(23(26)27)14-16-10-12-29-13-11-16)24(28)30-15-21-19-8-4-2-6-17(19)18-7-3-5-9-20(18)21/h2-9,16,21-22H,10-15H2,1H3,(H,26,27)/t22-/m0/s1. The number of nitrogens with zero attached hydrogens (tertiary/aromatic N) is 1. The Morgan fingerprint density at radius 1 is 1.07 bits per heavy atom. The molecule has 6 heteroatoms. The molecule has 1 heterocycles. The molecular formula is C24H27NO5. The molecule has 30 heavy (non-hydrogen) atoms. The molecule has 1 atom stereocenters. The minimum Gasteiger partial charge on any atom is -0.480 e. The van der Waals surface area contributed by atoms with Gasteiger partial charge in [0.25, 0.3) is 0 Å². The molecule has 1 aliphatic carbocycles. The van der Waals surface area contributed by atoms with E-state index in [4.69, 9.17) is 9.47 Å². The van der Waals surface area contributed by atoms with Crippen LogP contribution in [-0.2, 0) is 14.3 Å². The largest absolute Gasteiger partial charge is 0.480 e. The summed E-state index contributed by atoms with van der Waals surface area (Å²) in [5.74, 6) is -0.810. The molecule has 0 spiro atoms. The monoisotopic (exact) mass is 409 g/mol. The van der Waals surface area contributed by atoms with Crippen LogP contribution in [0, 0.1) is 5.92 Å². The highest BCUT2D eigenvalue weighted by molar-refractivity contribution is 5.81. The van der Waals surface area contributed by atoms with Gasteiger partial charge in [-0.3, -0.25) is 4.90 Å². The number of aliphatic carboxylic acids is 1. The summed E-state index contributed by atoms with van der Waals surface area (Å²) in [6, 6.07) is 15.4. The van der Waals surface area contributed by atoms with Gasteiger partial charge >= 0.3 is 12.1 Å². The molecule has 1 aliphatic heterocycles. The van der Waals surface area contributed by atoms with Crippen molar-refractivity contribution in [1.29, 1.82) is 0 Å². The number of fused-ring (bicyclic) bond motifs is 3. The predicted molar refractivity (Wildman–Crippen MR) is 112 cm³/mol. The van der Waals surface area contributed by atoms with Crippen LogP contribution in [0.15, 0.2) is 48.5 Å². The molecule has 6 nitrogen and oxygen atoms in total. The topological polar surface area (TPSA) is 76.1 Å². The zero-order valence-corrected chi connectivity index (χ0v) is 17.1. The number of carbonyl (C=O) groups excluding carboxylic acids is 1. The first-order valence-electron chi connectivity index (χ1n) is 10.4. The van der Waals surface area contributed by atoms with E-state index in [-0.39, 0.29) is 18.4 Å². The number of ether oxygens (including phenoxy) is 2. The van der Waals surface area contributed by atoms with E-state index >= 15 is 0 Å². The van der Waals surface area contributed by atoms with Crippen LogP contribution in [0.25, 0.3) is 11.1 Å². The molecule has 0 saturated carbocycles. The Bertz CT molecular complexity index is 876. The van der Waals surface area contributed by atoms with Crippen molar-refractivity contribution in [1.82, 2.24) is 4.90 Å². The number of hydrogen-bond donors (Lipinski definition) is 1. The summed E-state index contributed by atoms with van der Waals surface area (Å²) < 4.78 is 11.0. The molecule has 1 fully saturated rings. The molecule has 0 bridgehead atoms. The Kier molecular flexibility index (Phi) is 6.04. The number of amides is 1. The van der Waals surface area contributed by atoms with Crippen molar-refractivity contribution in [3.8, 4) is 11.1 Å². The first kappa shape index (κ1) is 20.4. The van der Waals surface area contributed by atoms with Crippen molar-refractivity contribution in [2.45, 2.75) is 31.2 Å². The first-order chi connectivity index (χ1) is 14.6. The highest BCUT2D eigenvalue weighted by atomic mass is 16.6. The fourth-order valence-corrected chi connectivity index (χ4v) is 4.55. The van der Waals surface area contributed by atoms with Crippen LogP contribution in [-0.4, -0.2) is 55.0 Å². The van der Waals surface area contributed by atoms with Crippen molar-refractivity contribution >= 4 is 12.1 Å². The number of carboxylic acid groups (broad SMARTS) is 1. The summed E-state index contributed by atoms with van der Waals surface area (Å²) in [6.07, 6.45) is 1.46. The maximum absolute atomic E-state index is 12.7. The van der Waals surface area contributed by atoms with Crippen LogP contribution in [0.2, 0.25) is 0 Å². The number of benzene rings is 2. The molecular weight excluding hydrogens is 382 g/mol. The minimum absolute atomic E-state index is 0.0477. The molecule has 4 rings (SSSR count). The van der Waals surface area contributed by atoms with E-state index in [0.29, 0.717) is 19.6 Å². The van der Waals surface area contributed by atoms with E-state index in [9.17, 15) is 14.7 Å². The fraction of sp³-hybridized carbons (Fsp3) is 0.417. The SMILES string of the molecule is CN(C(=O)OCC1c2ccccc2-c2ccccc21)[C@@H](CC1CCOCC1)C(=O)O. The average molecular weight is 409 g/mol. The highest BCUT2D eigenvalue weighted by Crippen LogP contribution is 2.44. The number of rotatable bonds is 6. The van der Waals surface area contributed by atoms with Gasteiger partial charge in [-0.15, -0.1) is 0 Å². The zero-order valence-electron chi connectivity index (χ0n) is 17.1. The van der Waals surface area contributed by atoms with Gasteiger partial charge in [-0.25, -0.2) is 9.59 Å². The summed E-state index contributed by atoms with van der Waals surface area (Å²) in [7, 11) is 1.51. The third-order valence-corrected chi connectivity index (χ3v) is 6.27. The Morgan fingerprint density at radius 2 is 1.63 bits per heavy atom. The van der Waals surface area contributed by atoms with Crippen molar-refractivity contribution in [3.05, 3.63) is 59.7 Å². The Morgan fingerprint density at radius 3 is 2.20 bits per heavy atom. The van der Waals surface area contributed by atoms with Crippen molar-refractivity contribution in [2.24, 2.45) is 5.92 Å². The van der Waals surface area contributed by atoms with Crippen LogP contribution in [0.3, 0.4) is 0 Å². The number of likely N-dealkylation sites (N-methyl/N-ethyl adjacent to an activating group) is 1. The second-order valence-electron chi connectivity index (χ2n) is 8.06. The number of carboxylic acids is 1. The van der Waals surface area contributed by atoms with E-state index in [1.165, 1.54) is 11.9 Å². The molecule has 1 amide bonds. The fourth-order valence-electron chi connectivity index (χ4n) is 4.55. The van der Waals surface area contributed by atoms with Crippen molar-refractivity contribution in [2.75, 3.05) is 26.9 Å². The lowest BCUT2D eigenvalue weighted by Gasteiger charge is -2.30. The smallest absolute Gasteiger partial charge is 0.410 e. The zero-order chi connectivity index (χ0) is 21.1. The number of hydrogen-bond acceptors (Lipinski definition) is 4. The van der Waals surface area contributed by atoms with Gasteiger partial charge in [0.15, 0.2) is 0 Å². The molecule has 2 aromatic carbocycles. The van der Waals surface area contributed by atoms with Gasteiger partial charge in [0.05, 0.1) is 0 Å². The highest BCUT2D eigenvalue weighted by Gasteiger charge is 2.33. The molecule has 2 aromatic rings. The van der Waals surface area contributed by atoms with Gasteiger partial charge in [-0.05, 0) is 47.4 Å². The lowest BCUT2D eigenvalue weighted by atomic mass is 9.92. The molecule has 0 unspecified atom stereocenters. The molecule has 1 saturated heterocycles. The maximum atomic E-state index is 12.7. The summed E-state index contributed by atoms with van der Waals surface area (Å²) in [4.78, 5) is 25.8. The van der Waals surface area contributed by atoms with Crippen molar-refractivity contribution < 1.29 is 24.2 Å². The Labute approximate surface area is 176 Å². The Hall–Kier alpha value is -2.86. The molecule has 2 aliphatic rings. The quantitative estimate of drug-likeness (QED) is 0.776. The summed E-state index contributed by atoms with van der Waals surface area (Å²) in [5, 5.41) is 9.68. The van der Waals surface area contributed by atoms with Gasteiger partial charge in [0.1, 0.15) is 12.6 Å². The molecule has 0 aromatic heterocycles. The summed E-state index contributed by atoms with van der Waals surface area (Å²) in [6.45, 7) is 1.47. The Balaban J connectivity index is 1.44. The first-order valence-corrected chi connectivity index (χ1v) is 10.4. The van der Waals surface area contributed by atoms with Crippen LogP contribution in [0.4, 0.5) is 4.79 Å². The van der Waals surface area contributed by atoms with Crippen LogP contribution >= 0.6 is 0 Å². The number of carbonyl (C=O) groups is 2. The van der Waals surface area contributed by atoms with Crippen molar-refractivity contribution in [3.63, 3.8) is 0 Å². The predicted octanol–water partition coefficient (Wildman–Crippen LogP) is 4.14. The normalized spacial score (nSPS) is 17.1.